The molecular formula is C21H14N2O4S. The first-order valence-corrected chi connectivity index (χ1v) is 9.27. The molecule has 28 heavy (non-hydrogen) atoms. The van der Waals surface area contributed by atoms with Crippen molar-refractivity contribution in [3.05, 3.63) is 93.0 Å². The first-order valence-electron chi connectivity index (χ1n) is 8.39. The lowest BCUT2D eigenvalue weighted by Crippen LogP contribution is -2.15. The molecule has 6 nitrogen and oxygen atoms in total. The number of hydrogen-bond donors (Lipinski definition) is 2. The molecule has 0 radical (unpaired) electrons. The average molecular weight is 390 g/mol. The Labute approximate surface area is 163 Å². The van der Waals surface area contributed by atoms with E-state index in [0.29, 0.717) is 27.2 Å². The number of carbonyl (C=O) groups is 2. The zero-order chi connectivity index (χ0) is 19.5. The first kappa shape index (κ1) is 17.7. The largest absolute Gasteiger partial charge is 0.451 e. The Morgan fingerprint density at radius 3 is 2.32 bits per heavy atom. The van der Waals surface area contributed by atoms with Crippen molar-refractivity contribution in [2.24, 2.45) is 0 Å². The van der Waals surface area contributed by atoms with E-state index in [-0.39, 0.29) is 17.1 Å². The zero-order valence-corrected chi connectivity index (χ0v) is 15.3. The van der Waals surface area contributed by atoms with Crippen LogP contribution in [0.3, 0.4) is 0 Å². The SMILES string of the molecule is O=C(Nc1cccc(NC(=O)c2cccs2)c1)c1cc(=O)c2ccccc2o1. The fraction of sp³-hybridized carbons (Fsp3) is 0. The third kappa shape index (κ3) is 3.70. The molecule has 0 saturated carbocycles. The topological polar surface area (TPSA) is 88.4 Å². The second kappa shape index (κ2) is 7.50. The lowest BCUT2D eigenvalue weighted by Gasteiger charge is -2.08. The van der Waals surface area contributed by atoms with Crippen LogP contribution in [0.25, 0.3) is 11.0 Å². The highest BCUT2D eigenvalue weighted by Crippen LogP contribution is 2.19. The quantitative estimate of drug-likeness (QED) is 0.542. The van der Waals surface area contributed by atoms with E-state index < -0.39 is 5.91 Å². The molecule has 2 amide bonds. The molecule has 2 aromatic heterocycles. The molecule has 0 aliphatic carbocycles. The van der Waals surface area contributed by atoms with Crippen molar-refractivity contribution >= 4 is 45.5 Å². The number of para-hydroxylation sites is 1. The minimum atomic E-state index is -0.551. The van der Waals surface area contributed by atoms with Crippen LogP contribution < -0.4 is 16.1 Å². The Kier molecular flexibility index (Phi) is 4.74. The van der Waals surface area contributed by atoms with Gasteiger partial charge in [0.25, 0.3) is 11.8 Å². The van der Waals surface area contributed by atoms with Gasteiger partial charge in [-0.1, -0.05) is 24.3 Å². The van der Waals surface area contributed by atoms with E-state index in [1.165, 1.54) is 17.4 Å². The number of rotatable bonds is 4. The maximum Gasteiger partial charge on any atom is 0.291 e. The van der Waals surface area contributed by atoms with Crippen LogP contribution in [-0.2, 0) is 0 Å². The van der Waals surface area contributed by atoms with Crippen LogP contribution in [0.2, 0.25) is 0 Å². The van der Waals surface area contributed by atoms with Crippen LogP contribution in [-0.4, -0.2) is 11.8 Å². The molecule has 0 unspecified atom stereocenters. The van der Waals surface area contributed by atoms with Crippen molar-refractivity contribution in [1.82, 2.24) is 0 Å². The summed E-state index contributed by atoms with van der Waals surface area (Å²) in [4.78, 5) is 37.4. The highest BCUT2D eigenvalue weighted by Gasteiger charge is 2.13. The summed E-state index contributed by atoms with van der Waals surface area (Å²) in [5.74, 6) is -0.861. The Bertz CT molecular complexity index is 1230. The maximum atomic E-state index is 12.5. The van der Waals surface area contributed by atoms with Crippen LogP contribution >= 0.6 is 11.3 Å². The van der Waals surface area contributed by atoms with E-state index in [1.54, 1.807) is 60.7 Å². The number of amides is 2. The highest BCUT2D eigenvalue weighted by atomic mass is 32.1. The van der Waals surface area contributed by atoms with Crippen LogP contribution in [0.5, 0.6) is 0 Å². The van der Waals surface area contributed by atoms with Crippen molar-refractivity contribution in [2.45, 2.75) is 0 Å². The summed E-state index contributed by atoms with van der Waals surface area (Å²) >= 11 is 1.34. The molecule has 0 aliphatic rings. The van der Waals surface area contributed by atoms with Crippen LogP contribution in [0.15, 0.2) is 81.3 Å². The third-order valence-corrected chi connectivity index (χ3v) is 4.85. The zero-order valence-electron chi connectivity index (χ0n) is 14.5. The maximum absolute atomic E-state index is 12.5. The second-order valence-corrected chi connectivity index (χ2v) is 6.89. The molecule has 0 spiro atoms. The van der Waals surface area contributed by atoms with Gasteiger partial charge in [-0.15, -0.1) is 11.3 Å². The van der Waals surface area contributed by atoms with Crippen LogP contribution in [0.4, 0.5) is 11.4 Å². The predicted octanol–water partition coefficient (Wildman–Crippen LogP) is 4.36. The van der Waals surface area contributed by atoms with E-state index in [2.05, 4.69) is 10.6 Å². The molecule has 0 atom stereocenters. The molecule has 0 aliphatic heterocycles. The fourth-order valence-electron chi connectivity index (χ4n) is 2.68. The number of thiophene rings is 1. The number of nitrogens with one attached hydrogen (secondary N) is 2. The number of hydrogen-bond acceptors (Lipinski definition) is 5. The summed E-state index contributed by atoms with van der Waals surface area (Å²) in [6, 6.07) is 18.2. The van der Waals surface area contributed by atoms with Crippen molar-refractivity contribution in [3.8, 4) is 0 Å². The Morgan fingerprint density at radius 1 is 0.821 bits per heavy atom. The molecular weight excluding hydrogens is 376 g/mol. The predicted molar refractivity (Wildman–Crippen MR) is 109 cm³/mol. The van der Waals surface area contributed by atoms with Gasteiger partial charge in [0.05, 0.1) is 10.3 Å². The Morgan fingerprint density at radius 2 is 1.57 bits per heavy atom. The molecule has 0 saturated heterocycles. The molecule has 2 heterocycles. The van der Waals surface area contributed by atoms with Gasteiger partial charge in [-0.25, -0.2) is 0 Å². The van der Waals surface area contributed by atoms with Crippen LogP contribution in [0.1, 0.15) is 20.2 Å². The number of fused-ring (bicyclic) bond motifs is 1. The minimum absolute atomic E-state index is 0.0864. The molecule has 4 aromatic rings. The van der Waals surface area contributed by atoms with E-state index in [9.17, 15) is 14.4 Å². The average Bonchev–Trinajstić information content (AvgIpc) is 3.23. The molecule has 4 rings (SSSR count). The lowest BCUT2D eigenvalue weighted by atomic mass is 10.2. The van der Waals surface area contributed by atoms with E-state index in [4.69, 9.17) is 4.42 Å². The Balaban J connectivity index is 1.53. The summed E-state index contributed by atoms with van der Waals surface area (Å²) in [5, 5.41) is 7.69. The van der Waals surface area contributed by atoms with E-state index in [0.717, 1.165) is 0 Å². The van der Waals surface area contributed by atoms with Gasteiger partial charge in [-0.3, -0.25) is 14.4 Å². The molecule has 2 aromatic carbocycles. The van der Waals surface area contributed by atoms with E-state index in [1.807, 2.05) is 5.38 Å². The number of anilines is 2. The molecule has 0 bridgehead atoms. The van der Waals surface area contributed by atoms with Gasteiger partial charge in [0.15, 0.2) is 11.2 Å². The van der Waals surface area contributed by atoms with Gasteiger partial charge in [-0.05, 0) is 41.8 Å². The summed E-state index contributed by atoms with van der Waals surface area (Å²) in [6.07, 6.45) is 0. The number of benzene rings is 2. The van der Waals surface area contributed by atoms with Gasteiger partial charge in [0.2, 0.25) is 0 Å². The minimum Gasteiger partial charge on any atom is -0.451 e. The summed E-state index contributed by atoms with van der Waals surface area (Å²) < 4.78 is 5.54. The second-order valence-electron chi connectivity index (χ2n) is 5.94. The van der Waals surface area contributed by atoms with Gasteiger partial charge in [-0.2, -0.15) is 0 Å². The lowest BCUT2D eigenvalue weighted by molar-refractivity contribution is 0.0995. The number of carbonyl (C=O) groups excluding carboxylic acids is 2. The van der Waals surface area contributed by atoms with E-state index >= 15 is 0 Å². The van der Waals surface area contributed by atoms with Crippen molar-refractivity contribution in [3.63, 3.8) is 0 Å². The standard InChI is InChI=1S/C21H14N2O4S/c24-16-12-18(27-17-8-2-1-7-15(16)17)20(25)22-13-5-3-6-14(11-13)23-21(26)19-9-4-10-28-19/h1-12H,(H,22,25)(H,23,26). The summed E-state index contributed by atoms with van der Waals surface area (Å²) in [5.41, 5.74) is 1.06. The van der Waals surface area contributed by atoms with Gasteiger partial charge < -0.3 is 15.1 Å². The smallest absolute Gasteiger partial charge is 0.291 e. The first-order chi connectivity index (χ1) is 13.6. The van der Waals surface area contributed by atoms with Gasteiger partial charge >= 0.3 is 0 Å². The Hall–Kier alpha value is -3.71. The van der Waals surface area contributed by atoms with Crippen molar-refractivity contribution < 1.29 is 14.0 Å². The third-order valence-electron chi connectivity index (χ3n) is 3.98. The molecule has 2 N–H and O–H groups in total. The van der Waals surface area contributed by atoms with Gasteiger partial charge in [0.1, 0.15) is 5.58 Å². The summed E-state index contributed by atoms with van der Waals surface area (Å²) in [7, 11) is 0. The monoisotopic (exact) mass is 390 g/mol. The molecule has 138 valence electrons. The highest BCUT2D eigenvalue weighted by molar-refractivity contribution is 7.12. The van der Waals surface area contributed by atoms with Crippen molar-refractivity contribution in [2.75, 3.05) is 10.6 Å². The van der Waals surface area contributed by atoms with Crippen molar-refractivity contribution in [1.29, 1.82) is 0 Å². The van der Waals surface area contributed by atoms with Gasteiger partial charge in [0, 0.05) is 17.4 Å². The molecule has 0 fully saturated rings. The fourth-order valence-corrected chi connectivity index (χ4v) is 3.30. The summed E-state index contributed by atoms with van der Waals surface area (Å²) in [6.45, 7) is 0. The normalized spacial score (nSPS) is 10.6. The van der Waals surface area contributed by atoms with Crippen LogP contribution in [0, 0.1) is 0 Å². The molecule has 7 heteroatoms.